The maximum Gasteiger partial charge on any atom is 0.103 e. The van der Waals surface area contributed by atoms with Crippen molar-refractivity contribution < 1.29 is 0 Å². The summed E-state index contributed by atoms with van der Waals surface area (Å²) in [6.45, 7) is 4.41. The second-order valence-electron chi connectivity index (χ2n) is 5.36. The molecule has 0 aliphatic heterocycles. The van der Waals surface area contributed by atoms with Crippen LogP contribution in [-0.2, 0) is 0 Å². The van der Waals surface area contributed by atoms with Gasteiger partial charge in [-0.25, -0.2) is 0 Å². The number of nitriles is 1. The summed E-state index contributed by atoms with van der Waals surface area (Å²) in [5, 5.41) is 12.1. The van der Waals surface area contributed by atoms with E-state index in [1.165, 1.54) is 32.4 Å². The molecule has 1 aliphatic rings. The van der Waals surface area contributed by atoms with Crippen LogP contribution in [-0.4, -0.2) is 37.6 Å². The van der Waals surface area contributed by atoms with Crippen molar-refractivity contribution in [1.82, 2.24) is 10.2 Å². The van der Waals surface area contributed by atoms with Gasteiger partial charge in [-0.1, -0.05) is 0 Å². The Morgan fingerprint density at radius 1 is 1.44 bits per heavy atom. The van der Waals surface area contributed by atoms with Gasteiger partial charge >= 0.3 is 0 Å². The molecule has 1 rings (SSSR count). The van der Waals surface area contributed by atoms with E-state index in [0.717, 1.165) is 18.8 Å². The lowest BCUT2D eigenvalue weighted by atomic mass is 9.97. The molecule has 0 heterocycles. The molecule has 0 amide bonds. The van der Waals surface area contributed by atoms with Crippen LogP contribution in [0.3, 0.4) is 0 Å². The summed E-state index contributed by atoms with van der Waals surface area (Å²) < 4.78 is 0. The zero-order chi connectivity index (χ0) is 12.0. The largest absolute Gasteiger partial charge is 0.306 e. The van der Waals surface area contributed by atoms with Gasteiger partial charge < -0.3 is 10.2 Å². The zero-order valence-corrected chi connectivity index (χ0v) is 10.9. The molecule has 1 N–H and O–H groups in total. The first-order valence-electron chi connectivity index (χ1n) is 6.38. The fraction of sp³-hybridized carbons (Fsp3) is 0.923. The highest BCUT2D eigenvalue weighted by Crippen LogP contribution is 2.29. The Morgan fingerprint density at radius 3 is 2.62 bits per heavy atom. The highest BCUT2D eigenvalue weighted by molar-refractivity contribution is 5.02. The fourth-order valence-corrected chi connectivity index (χ4v) is 1.93. The quantitative estimate of drug-likeness (QED) is 0.640. The Morgan fingerprint density at radius 2 is 2.12 bits per heavy atom. The number of unbranched alkanes of at least 4 members (excludes halogenated alkanes) is 1. The summed E-state index contributed by atoms with van der Waals surface area (Å²) in [7, 11) is 4.07. The second-order valence-corrected chi connectivity index (χ2v) is 5.36. The van der Waals surface area contributed by atoms with E-state index in [2.05, 4.69) is 23.3 Å². The first kappa shape index (κ1) is 13.5. The molecule has 0 saturated heterocycles. The minimum atomic E-state index is -0.338. The van der Waals surface area contributed by atoms with Gasteiger partial charge in [-0.3, -0.25) is 0 Å². The molecule has 0 aromatic carbocycles. The van der Waals surface area contributed by atoms with Crippen LogP contribution in [0.25, 0.3) is 0 Å². The number of hydrogen-bond acceptors (Lipinski definition) is 3. The van der Waals surface area contributed by atoms with E-state index in [1.54, 1.807) is 0 Å². The van der Waals surface area contributed by atoms with Crippen molar-refractivity contribution >= 4 is 0 Å². The van der Waals surface area contributed by atoms with Gasteiger partial charge in [0.25, 0.3) is 0 Å². The Kier molecular flexibility index (Phi) is 5.24. The SMILES string of the molecule is CNC(C)(C#N)CCCCN(C)CC1CC1. The topological polar surface area (TPSA) is 39.1 Å². The van der Waals surface area contributed by atoms with Crippen LogP contribution in [0.1, 0.15) is 39.0 Å². The Bertz CT molecular complexity index is 242. The van der Waals surface area contributed by atoms with Crippen molar-refractivity contribution in [2.24, 2.45) is 5.92 Å². The molecule has 1 aliphatic carbocycles. The van der Waals surface area contributed by atoms with Crippen molar-refractivity contribution in [3.63, 3.8) is 0 Å². The van der Waals surface area contributed by atoms with E-state index in [4.69, 9.17) is 5.26 Å². The normalized spacial score (nSPS) is 19.4. The van der Waals surface area contributed by atoms with Gasteiger partial charge in [-0.15, -0.1) is 0 Å². The molecule has 1 atom stereocenters. The van der Waals surface area contributed by atoms with Crippen molar-refractivity contribution in [1.29, 1.82) is 5.26 Å². The summed E-state index contributed by atoms with van der Waals surface area (Å²) in [6, 6.07) is 2.33. The predicted octanol–water partition coefficient (Wildman–Crippen LogP) is 2.00. The van der Waals surface area contributed by atoms with E-state index in [-0.39, 0.29) is 5.54 Å². The summed E-state index contributed by atoms with van der Waals surface area (Å²) >= 11 is 0. The van der Waals surface area contributed by atoms with Gasteiger partial charge in [-0.05, 0) is 65.6 Å². The molecule has 3 nitrogen and oxygen atoms in total. The fourth-order valence-electron chi connectivity index (χ4n) is 1.93. The van der Waals surface area contributed by atoms with Crippen LogP contribution in [0.4, 0.5) is 0 Å². The molecular weight excluding hydrogens is 198 g/mol. The average molecular weight is 223 g/mol. The molecular formula is C13H25N3. The van der Waals surface area contributed by atoms with E-state index >= 15 is 0 Å². The van der Waals surface area contributed by atoms with Crippen LogP contribution < -0.4 is 5.32 Å². The van der Waals surface area contributed by atoms with Crippen molar-refractivity contribution in [2.75, 3.05) is 27.2 Å². The maximum atomic E-state index is 9.00. The maximum absolute atomic E-state index is 9.00. The highest BCUT2D eigenvalue weighted by atomic mass is 15.1. The van der Waals surface area contributed by atoms with Crippen LogP contribution >= 0.6 is 0 Å². The summed E-state index contributed by atoms with van der Waals surface area (Å²) in [5.74, 6) is 0.978. The van der Waals surface area contributed by atoms with Crippen LogP contribution in [0.2, 0.25) is 0 Å². The van der Waals surface area contributed by atoms with E-state index in [1.807, 2.05) is 14.0 Å². The molecule has 1 fully saturated rings. The van der Waals surface area contributed by atoms with Crippen molar-refractivity contribution in [3.05, 3.63) is 0 Å². The first-order chi connectivity index (χ1) is 7.59. The lowest BCUT2D eigenvalue weighted by molar-refractivity contribution is 0.305. The monoisotopic (exact) mass is 223 g/mol. The summed E-state index contributed by atoms with van der Waals surface area (Å²) in [5.41, 5.74) is -0.338. The smallest absolute Gasteiger partial charge is 0.103 e. The number of nitrogens with one attached hydrogen (secondary N) is 1. The molecule has 1 unspecified atom stereocenters. The van der Waals surface area contributed by atoms with E-state index < -0.39 is 0 Å². The third-order valence-corrected chi connectivity index (χ3v) is 3.53. The van der Waals surface area contributed by atoms with Crippen LogP contribution in [0.5, 0.6) is 0 Å². The number of hydrogen-bond donors (Lipinski definition) is 1. The van der Waals surface area contributed by atoms with Gasteiger partial charge in [0, 0.05) is 6.54 Å². The standard InChI is InChI=1S/C13H25N3/c1-13(11-14,15-2)8-4-5-9-16(3)10-12-6-7-12/h12,15H,4-10H2,1-3H3. The third kappa shape index (κ3) is 4.96. The zero-order valence-electron chi connectivity index (χ0n) is 10.9. The van der Waals surface area contributed by atoms with Gasteiger partial charge in [0.2, 0.25) is 0 Å². The summed E-state index contributed by atoms with van der Waals surface area (Å²) in [4.78, 5) is 2.43. The first-order valence-corrected chi connectivity index (χ1v) is 6.38. The minimum Gasteiger partial charge on any atom is -0.306 e. The molecule has 92 valence electrons. The number of rotatable bonds is 8. The molecule has 16 heavy (non-hydrogen) atoms. The Labute approximate surface area is 99.8 Å². The van der Waals surface area contributed by atoms with E-state index in [0.29, 0.717) is 0 Å². The summed E-state index contributed by atoms with van der Waals surface area (Å²) in [6.07, 6.45) is 6.12. The molecule has 0 aromatic rings. The van der Waals surface area contributed by atoms with Gasteiger partial charge in [-0.2, -0.15) is 5.26 Å². The molecule has 0 aromatic heterocycles. The predicted molar refractivity (Wildman–Crippen MR) is 67.1 cm³/mol. The van der Waals surface area contributed by atoms with Crippen molar-refractivity contribution in [2.45, 2.75) is 44.6 Å². The van der Waals surface area contributed by atoms with E-state index in [9.17, 15) is 0 Å². The lowest BCUT2D eigenvalue weighted by Crippen LogP contribution is -2.38. The third-order valence-electron chi connectivity index (χ3n) is 3.53. The lowest BCUT2D eigenvalue weighted by Gasteiger charge is -2.21. The average Bonchev–Trinajstić information content (AvgIpc) is 3.08. The number of nitrogens with zero attached hydrogens (tertiary/aromatic N) is 2. The molecule has 1 saturated carbocycles. The van der Waals surface area contributed by atoms with Gasteiger partial charge in [0.1, 0.15) is 5.54 Å². The van der Waals surface area contributed by atoms with Gasteiger partial charge in [0.15, 0.2) is 0 Å². The Hall–Kier alpha value is -0.590. The van der Waals surface area contributed by atoms with Crippen molar-refractivity contribution in [3.8, 4) is 6.07 Å². The van der Waals surface area contributed by atoms with Crippen LogP contribution in [0.15, 0.2) is 0 Å². The second kappa shape index (κ2) is 6.22. The minimum absolute atomic E-state index is 0.338. The molecule has 0 radical (unpaired) electrons. The molecule has 3 heteroatoms. The van der Waals surface area contributed by atoms with Crippen LogP contribution in [0, 0.1) is 17.2 Å². The highest BCUT2D eigenvalue weighted by Gasteiger charge is 2.23. The molecule has 0 spiro atoms. The Balaban J connectivity index is 2.04. The van der Waals surface area contributed by atoms with Gasteiger partial charge in [0.05, 0.1) is 6.07 Å². The molecule has 0 bridgehead atoms.